The summed E-state index contributed by atoms with van der Waals surface area (Å²) in [5.41, 5.74) is 0.508. The molecule has 0 radical (unpaired) electrons. The summed E-state index contributed by atoms with van der Waals surface area (Å²) in [6.07, 6.45) is 0.804. The molecule has 5 nitrogen and oxygen atoms in total. The number of aromatic hydroxyl groups is 2. The predicted octanol–water partition coefficient (Wildman–Crippen LogP) is 1.15. The van der Waals surface area contributed by atoms with Gasteiger partial charge in [0.05, 0.1) is 18.8 Å². The monoisotopic (exact) mass is 255 g/mol. The Hall–Kier alpha value is -1.30. The van der Waals surface area contributed by atoms with Crippen LogP contribution in [-0.4, -0.2) is 41.7 Å². The third kappa shape index (κ3) is 4.52. The van der Waals surface area contributed by atoms with Crippen LogP contribution in [0.5, 0.6) is 11.5 Å². The number of nitrogens with one attached hydrogen (secondary N) is 1. The van der Waals surface area contributed by atoms with Gasteiger partial charge in [0.1, 0.15) is 11.5 Å². The van der Waals surface area contributed by atoms with E-state index in [1.165, 1.54) is 0 Å². The van der Waals surface area contributed by atoms with Gasteiger partial charge in [-0.1, -0.05) is 6.07 Å². The lowest BCUT2D eigenvalue weighted by Gasteiger charge is -2.16. The molecule has 0 aromatic heterocycles. The molecule has 0 amide bonds. The molecule has 4 N–H and O–H groups in total. The molecular formula is C13H21NO4. The van der Waals surface area contributed by atoms with Gasteiger partial charge in [-0.05, 0) is 32.0 Å². The van der Waals surface area contributed by atoms with Gasteiger partial charge in [-0.25, -0.2) is 0 Å². The topological polar surface area (TPSA) is 82.0 Å². The largest absolute Gasteiger partial charge is 0.507 e. The van der Waals surface area contributed by atoms with Crippen molar-refractivity contribution in [3.63, 3.8) is 0 Å². The van der Waals surface area contributed by atoms with Gasteiger partial charge in [0, 0.05) is 12.6 Å². The van der Waals surface area contributed by atoms with Crippen molar-refractivity contribution in [3.8, 4) is 11.5 Å². The molecule has 1 rings (SSSR count). The molecule has 0 fully saturated rings. The van der Waals surface area contributed by atoms with Crippen LogP contribution in [-0.2, 0) is 4.74 Å². The van der Waals surface area contributed by atoms with E-state index in [0.29, 0.717) is 25.3 Å². The number of hydrogen-bond acceptors (Lipinski definition) is 5. The summed E-state index contributed by atoms with van der Waals surface area (Å²) < 4.78 is 5.13. The van der Waals surface area contributed by atoms with Crippen LogP contribution in [0.4, 0.5) is 0 Å². The van der Waals surface area contributed by atoms with Gasteiger partial charge in [-0.3, -0.25) is 0 Å². The smallest absolute Gasteiger partial charge is 0.124 e. The van der Waals surface area contributed by atoms with Crippen LogP contribution in [0, 0.1) is 0 Å². The maximum absolute atomic E-state index is 9.68. The second-order valence-corrected chi connectivity index (χ2v) is 4.08. The molecule has 0 saturated carbocycles. The molecule has 0 heterocycles. The van der Waals surface area contributed by atoms with Crippen LogP contribution in [0.25, 0.3) is 0 Å². The van der Waals surface area contributed by atoms with Gasteiger partial charge in [0.25, 0.3) is 0 Å². The van der Waals surface area contributed by atoms with E-state index in [1.807, 2.05) is 6.92 Å². The van der Waals surface area contributed by atoms with Crippen LogP contribution < -0.4 is 5.32 Å². The number of aliphatic hydroxyl groups is 1. The first-order chi connectivity index (χ1) is 8.66. The molecular weight excluding hydrogens is 234 g/mol. The van der Waals surface area contributed by atoms with E-state index in [0.717, 1.165) is 6.42 Å². The van der Waals surface area contributed by atoms with Crippen LogP contribution in [0.3, 0.4) is 0 Å². The molecule has 0 saturated heterocycles. The highest BCUT2D eigenvalue weighted by Crippen LogP contribution is 2.31. The third-order valence-corrected chi connectivity index (χ3v) is 2.64. The van der Waals surface area contributed by atoms with Crippen LogP contribution >= 0.6 is 0 Å². The Bertz CT molecular complexity index is 337. The Balaban J connectivity index is 2.34. The molecule has 0 aliphatic carbocycles. The molecule has 18 heavy (non-hydrogen) atoms. The molecule has 1 atom stereocenters. The number of benzene rings is 1. The van der Waals surface area contributed by atoms with Crippen LogP contribution in [0.1, 0.15) is 24.9 Å². The van der Waals surface area contributed by atoms with Crippen molar-refractivity contribution in [3.05, 3.63) is 23.8 Å². The van der Waals surface area contributed by atoms with Crippen LogP contribution in [0.15, 0.2) is 18.2 Å². The van der Waals surface area contributed by atoms with Crippen molar-refractivity contribution in [2.45, 2.75) is 19.4 Å². The fraction of sp³-hybridized carbons (Fsp3) is 0.538. The number of phenols is 2. The summed E-state index contributed by atoms with van der Waals surface area (Å²) in [7, 11) is 0. The summed E-state index contributed by atoms with van der Waals surface area (Å²) in [5.74, 6) is 0.179. The van der Waals surface area contributed by atoms with Crippen molar-refractivity contribution in [2.75, 3.05) is 26.4 Å². The van der Waals surface area contributed by atoms with Crippen molar-refractivity contribution in [1.82, 2.24) is 5.32 Å². The molecule has 0 aliphatic rings. The maximum atomic E-state index is 9.68. The molecule has 1 aromatic carbocycles. The molecule has 0 aliphatic heterocycles. The first kappa shape index (κ1) is 14.8. The lowest BCUT2D eigenvalue weighted by atomic mass is 10.1. The minimum absolute atomic E-state index is 0.0373. The fourth-order valence-electron chi connectivity index (χ4n) is 1.75. The lowest BCUT2D eigenvalue weighted by molar-refractivity contribution is 0.0904. The average Bonchev–Trinajstić information content (AvgIpc) is 2.33. The summed E-state index contributed by atoms with van der Waals surface area (Å²) in [6, 6.07) is 4.57. The van der Waals surface area contributed by atoms with E-state index < -0.39 is 0 Å². The zero-order valence-corrected chi connectivity index (χ0v) is 10.6. The Labute approximate surface area is 107 Å². The molecule has 0 bridgehead atoms. The molecule has 5 heteroatoms. The van der Waals surface area contributed by atoms with Crippen LogP contribution in [0.2, 0.25) is 0 Å². The van der Waals surface area contributed by atoms with Crippen molar-refractivity contribution >= 4 is 0 Å². The second-order valence-electron chi connectivity index (χ2n) is 4.08. The van der Waals surface area contributed by atoms with Gasteiger partial charge in [0.2, 0.25) is 0 Å². The number of ether oxygens (including phenoxy) is 1. The standard InChI is InChI=1S/C13H21NO4/c1-10(14-6-3-8-18-9-7-15)13-11(16)4-2-5-12(13)17/h2,4-5,10,14-17H,3,6-9H2,1H3. The molecule has 102 valence electrons. The fourth-order valence-corrected chi connectivity index (χ4v) is 1.75. The molecule has 1 aromatic rings. The van der Waals surface area contributed by atoms with Crippen molar-refractivity contribution < 1.29 is 20.1 Å². The van der Waals surface area contributed by atoms with E-state index in [4.69, 9.17) is 9.84 Å². The normalized spacial score (nSPS) is 12.6. The predicted molar refractivity (Wildman–Crippen MR) is 68.7 cm³/mol. The SMILES string of the molecule is CC(NCCCOCCO)c1c(O)cccc1O. The third-order valence-electron chi connectivity index (χ3n) is 2.64. The highest BCUT2D eigenvalue weighted by molar-refractivity contribution is 5.44. The highest BCUT2D eigenvalue weighted by Gasteiger charge is 2.13. The lowest BCUT2D eigenvalue weighted by Crippen LogP contribution is -2.21. The Morgan fingerprint density at radius 2 is 1.89 bits per heavy atom. The summed E-state index contributed by atoms with van der Waals surface area (Å²) >= 11 is 0. The zero-order valence-electron chi connectivity index (χ0n) is 10.6. The van der Waals surface area contributed by atoms with E-state index in [-0.39, 0.29) is 24.1 Å². The minimum Gasteiger partial charge on any atom is -0.507 e. The van der Waals surface area contributed by atoms with Gasteiger partial charge in [-0.2, -0.15) is 0 Å². The average molecular weight is 255 g/mol. The molecule has 1 unspecified atom stereocenters. The number of hydrogen-bond donors (Lipinski definition) is 4. The van der Waals surface area contributed by atoms with Gasteiger partial charge >= 0.3 is 0 Å². The van der Waals surface area contributed by atoms with E-state index in [2.05, 4.69) is 5.32 Å². The van der Waals surface area contributed by atoms with Gasteiger partial charge < -0.3 is 25.4 Å². The number of phenolic OH excluding ortho intramolecular Hbond substituents is 2. The second kappa shape index (κ2) is 7.92. The first-order valence-corrected chi connectivity index (χ1v) is 6.09. The highest BCUT2D eigenvalue weighted by atomic mass is 16.5. The quantitative estimate of drug-likeness (QED) is 0.524. The van der Waals surface area contributed by atoms with Crippen molar-refractivity contribution in [1.29, 1.82) is 0 Å². The van der Waals surface area contributed by atoms with E-state index in [9.17, 15) is 10.2 Å². The summed E-state index contributed by atoms with van der Waals surface area (Å²) in [4.78, 5) is 0. The minimum atomic E-state index is -0.135. The summed E-state index contributed by atoms with van der Waals surface area (Å²) in [6.45, 7) is 3.56. The van der Waals surface area contributed by atoms with E-state index in [1.54, 1.807) is 18.2 Å². The Kier molecular flexibility index (Phi) is 6.49. The van der Waals surface area contributed by atoms with Gasteiger partial charge in [-0.15, -0.1) is 0 Å². The van der Waals surface area contributed by atoms with Gasteiger partial charge in [0.15, 0.2) is 0 Å². The zero-order chi connectivity index (χ0) is 13.4. The number of rotatable bonds is 8. The maximum Gasteiger partial charge on any atom is 0.124 e. The first-order valence-electron chi connectivity index (χ1n) is 6.09. The summed E-state index contributed by atoms with van der Waals surface area (Å²) in [5, 5.41) is 31.1. The number of aliphatic hydroxyl groups excluding tert-OH is 1. The van der Waals surface area contributed by atoms with Crippen molar-refractivity contribution in [2.24, 2.45) is 0 Å². The Morgan fingerprint density at radius 1 is 1.22 bits per heavy atom. The van der Waals surface area contributed by atoms with E-state index >= 15 is 0 Å². The Morgan fingerprint density at radius 3 is 2.50 bits per heavy atom. The molecule has 0 spiro atoms.